The van der Waals surface area contributed by atoms with Crippen molar-refractivity contribution in [2.24, 2.45) is 5.92 Å². The monoisotopic (exact) mass is 424 g/mol. The molecular weight excluding hydrogens is 401 g/mol. The summed E-state index contributed by atoms with van der Waals surface area (Å²) in [5, 5.41) is 15.2. The van der Waals surface area contributed by atoms with Crippen LogP contribution in [0.15, 0.2) is 24.3 Å². The number of rotatable bonds is 4. The highest BCUT2D eigenvalue weighted by atomic mass is 32.1. The van der Waals surface area contributed by atoms with Gasteiger partial charge >= 0.3 is 6.18 Å². The Hall–Kier alpha value is -2.13. The summed E-state index contributed by atoms with van der Waals surface area (Å²) in [7, 11) is 0. The molecule has 1 aliphatic heterocycles. The Bertz CT molecular complexity index is 1010. The molecular formula is C20H23F3N4OS. The topological polar surface area (TPSA) is 53.7 Å². The molecule has 3 heterocycles. The quantitative estimate of drug-likeness (QED) is 0.647. The van der Waals surface area contributed by atoms with Crippen LogP contribution in [0.3, 0.4) is 0 Å². The average Bonchev–Trinajstić information content (AvgIpc) is 3.21. The largest absolute Gasteiger partial charge is 0.492 e. The first-order chi connectivity index (χ1) is 13.8. The number of aromatic nitrogens is 3. The molecule has 3 aromatic rings. The summed E-state index contributed by atoms with van der Waals surface area (Å²) < 4.78 is 41.4. The van der Waals surface area contributed by atoms with Gasteiger partial charge in [-0.3, -0.25) is 4.90 Å². The predicted octanol–water partition coefficient (Wildman–Crippen LogP) is 4.90. The van der Waals surface area contributed by atoms with Crippen LogP contribution in [0.5, 0.6) is 5.88 Å². The average molecular weight is 424 g/mol. The van der Waals surface area contributed by atoms with Crippen molar-refractivity contribution in [2.75, 3.05) is 13.1 Å². The van der Waals surface area contributed by atoms with Crippen LogP contribution in [0, 0.1) is 5.92 Å². The van der Waals surface area contributed by atoms with Crippen LogP contribution in [0.2, 0.25) is 0 Å². The lowest BCUT2D eigenvalue weighted by atomic mass is 9.94. The van der Waals surface area contributed by atoms with Gasteiger partial charge in [-0.2, -0.15) is 17.7 Å². The Labute approximate surface area is 170 Å². The maximum atomic E-state index is 13.3. The van der Waals surface area contributed by atoms with E-state index >= 15 is 0 Å². The van der Waals surface area contributed by atoms with Crippen molar-refractivity contribution < 1.29 is 18.3 Å². The molecule has 5 nitrogen and oxygen atoms in total. The van der Waals surface area contributed by atoms with Gasteiger partial charge in [-0.05, 0) is 43.0 Å². The van der Waals surface area contributed by atoms with E-state index in [4.69, 9.17) is 0 Å². The van der Waals surface area contributed by atoms with Gasteiger partial charge in [0.25, 0.3) is 0 Å². The first-order valence-electron chi connectivity index (χ1n) is 9.76. The van der Waals surface area contributed by atoms with Gasteiger partial charge in [0.1, 0.15) is 0 Å². The number of nitrogens with zero attached hydrogens (tertiary/aromatic N) is 4. The Morgan fingerprint density at radius 2 is 2.14 bits per heavy atom. The highest BCUT2D eigenvalue weighted by Gasteiger charge is 2.35. The molecule has 2 atom stereocenters. The molecule has 0 aliphatic carbocycles. The van der Waals surface area contributed by atoms with Crippen molar-refractivity contribution in [3.8, 4) is 5.88 Å². The molecule has 156 valence electrons. The van der Waals surface area contributed by atoms with Crippen molar-refractivity contribution in [3.05, 3.63) is 46.1 Å². The summed E-state index contributed by atoms with van der Waals surface area (Å²) in [4.78, 5) is 7.71. The van der Waals surface area contributed by atoms with Crippen molar-refractivity contribution in [1.82, 2.24) is 19.5 Å². The molecule has 1 fully saturated rings. The molecule has 1 aromatic carbocycles. The number of likely N-dealkylation sites (tertiary alicyclic amines) is 1. The minimum Gasteiger partial charge on any atom is -0.492 e. The van der Waals surface area contributed by atoms with Crippen molar-refractivity contribution in [2.45, 2.75) is 45.3 Å². The van der Waals surface area contributed by atoms with Gasteiger partial charge in [0.2, 0.25) is 10.8 Å². The molecule has 1 saturated heterocycles. The van der Waals surface area contributed by atoms with E-state index in [0.29, 0.717) is 33.6 Å². The fourth-order valence-electron chi connectivity index (χ4n) is 3.99. The van der Waals surface area contributed by atoms with E-state index in [1.807, 2.05) is 6.92 Å². The smallest absolute Gasteiger partial charge is 0.416 e. The summed E-state index contributed by atoms with van der Waals surface area (Å²) in [6.07, 6.45) is -1.71. The van der Waals surface area contributed by atoms with Gasteiger partial charge in [0, 0.05) is 13.0 Å². The second kappa shape index (κ2) is 7.60. The van der Waals surface area contributed by atoms with Crippen LogP contribution in [0.4, 0.5) is 13.2 Å². The Morgan fingerprint density at radius 3 is 2.79 bits per heavy atom. The van der Waals surface area contributed by atoms with Gasteiger partial charge in [-0.25, -0.2) is 4.98 Å². The number of hydrogen-bond donors (Lipinski definition) is 1. The highest BCUT2D eigenvalue weighted by molar-refractivity contribution is 7.17. The zero-order chi connectivity index (χ0) is 20.8. The van der Waals surface area contributed by atoms with E-state index in [1.54, 1.807) is 6.07 Å². The third-order valence-electron chi connectivity index (χ3n) is 5.39. The minimum atomic E-state index is -4.42. The molecule has 0 saturated carbocycles. The van der Waals surface area contributed by atoms with Crippen LogP contribution in [0.25, 0.3) is 4.96 Å². The Morgan fingerprint density at radius 1 is 1.34 bits per heavy atom. The van der Waals surface area contributed by atoms with E-state index in [2.05, 4.69) is 21.9 Å². The maximum Gasteiger partial charge on any atom is 0.416 e. The number of aryl methyl sites for hydroxylation is 1. The zero-order valence-electron chi connectivity index (χ0n) is 16.3. The molecule has 0 amide bonds. The van der Waals surface area contributed by atoms with Gasteiger partial charge in [0.15, 0.2) is 5.82 Å². The van der Waals surface area contributed by atoms with Crippen LogP contribution >= 0.6 is 11.3 Å². The fraction of sp³-hybridized carbons (Fsp3) is 0.500. The number of alkyl halides is 3. The normalized spacial score (nSPS) is 19.7. The maximum absolute atomic E-state index is 13.3. The van der Waals surface area contributed by atoms with Crippen LogP contribution in [-0.4, -0.2) is 37.7 Å². The first kappa shape index (κ1) is 20.2. The van der Waals surface area contributed by atoms with Gasteiger partial charge in [-0.1, -0.05) is 37.3 Å². The molecule has 29 heavy (non-hydrogen) atoms. The molecule has 0 spiro atoms. The van der Waals surface area contributed by atoms with E-state index in [-0.39, 0.29) is 5.88 Å². The van der Waals surface area contributed by atoms with E-state index in [1.165, 1.54) is 28.0 Å². The minimum absolute atomic E-state index is 0.0437. The first-order valence-corrected chi connectivity index (χ1v) is 10.6. The molecule has 1 aliphatic rings. The third-order valence-corrected chi connectivity index (χ3v) is 6.46. The lowest BCUT2D eigenvalue weighted by Gasteiger charge is -2.37. The Balaban J connectivity index is 1.83. The van der Waals surface area contributed by atoms with E-state index in [0.717, 1.165) is 32.0 Å². The number of fused-ring (bicyclic) bond motifs is 1. The number of benzene rings is 1. The lowest BCUT2D eigenvalue weighted by molar-refractivity contribution is -0.137. The second-order valence-corrected chi connectivity index (χ2v) is 8.64. The standard InChI is InChI=1S/C20H23F3N4OS/c1-3-15-24-19-27(25-15)18(28)17(29-19)16(26-9-5-6-12(2)11-26)13-7-4-8-14(10-13)20(21,22)23/h4,7-8,10,12,16,28H,3,5-6,9,11H2,1-2H3. The number of thiazole rings is 1. The summed E-state index contributed by atoms with van der Waals surface area (Å²) in [5.74, 6) is 1.02. The molecule has 2 unspecified atom stereocenters. The van der Waals surface area contributed by atoms with Gasteiger partial charge in [-0.15, -0.1) is 5.10 Å². The zero-order valence-corrected chi connectivity index (χ0v) is 17.1. The highest BCUT2D eigenvalue weighted by Crippen LogP contribution is 2.42. The van der Waals surface area contributed by atoms with Crippen LogP contribution in [0.1, 0.15) is 54.6 Å². The number of halogens is 3. The van der Waals surface area contributed by atoms with Crippen LogP contribution in [-0.2, 0) is 12.6 Å². The Kier molecular flexibility index (Phi) is 5.29. The van der Waals surface area contributed by atoms with Gasteiger partial charge in [0.05, 0.1) is 16.5 Å². The van der Waals surface area contributed by atoms with Gasteiger partial charge < -0.3 is 5.11 Å². The second-order valence-electron chi connectivity index (χ2n) is 7.63. The molecule has 4 rings (SSSR count). The summed E-state index contributed by atoms with van der Waals surface area (Å²) in [6.45, 7) is 5.59. The number of aromatic hydroxyl groups is 1. The molecule has 0 bridgehead atoms. The van der Waals surface area contributed by atoms with Crippen LogP contribution < -0.4 is 0 Å². The van der Waals surface area contributed by atoms with E-state index in [9.17, 15) is 18.3 Å². The van der Waals surface area contributed by atoms with Crippen molar-refractivity contribution in [1.29, 1.82) is 0 Å². The summed E-state index contributed by atoms with van der Waals surface area (Å²) >= 11 is 1.29. The fourth-order valence-corrected chi connectivity index (χ4v) is 5.13. The molecule has 0 radical (unpaired) electrons. The van der Waals surface area contributed by atoms with Crippen molar-refractivity contribution in [3.63, 3.8) is 0 Å². The number of piperidine rings is 1. The lowest BCUT2D eigenvalue weighted by Crippen LogP contribution is -2.37. The predicted molar refractivity (Wildman–Crippen MR) is 105 cm³/mol. The third kappa shape index (κ3) is 3.85. The summed E-state index contributed by atoms with van der Waals surface area (Å²) in [5.41, 5.74) is -0.165. The summed E-state index contributed by atoms with van der Waals surface area (Å²) in [6, 6.07) is 4.93. The van der Waals surface area contributed by atoms with Crippen molar-refractivity contribution >= 4 is 16.3 Å². The number of hydrogen-bond acceptors (Lipinski definition) is 5. The molecule has 2 aromatic heterocycles. The SMILES string of the molecule is CCc1nc2sc(C(c3cccc(C(F)(F)F)c3)N3CCCC(C)C3)c(O)n2n1. The molecule has 1 N–H and O–H groups in total. The van der Waals surface area contributed by atoms with E-state index < -0.39 is 17.8 Å². The molecule has 9 heteroatoms.